The van der Waals surface area contributed by atoms with Crippen LogP contribution in [0.4, 0.5) is 0 Å². The fourth-order valence-corrected chi connectivity index (χ4v) is 3.42. The first-order valence-electron chi connectivity index (χ1n) is 6.10. The molecule has 17 heavy (non-hydrogen) atoms. The minimum absolute atomic E-state index is 0.112. The van der Waals surface area contributed by atoms with Crippen molar-refractivity contribution in [1.82, 2.24) is 4.90 Å². The van der Waals surface area contributed by atoms with Gasteiger partial charge in [-0.15, -0.1) is 11.3 Å². The standard InChI is InChI=1S/C13H18ClNOS/c1-9-3-5-10(6-4-9)15(2)13(16)11-7-8-12(14)17-11/h7-10H,3-6H2,1-2H3. The van der Waals surface area contributed by atoms with Crippen LogP contribution in [0, 0.1) is 5.92 Å². The zero-order chi connectivity index (χ0) is 12.4. The lowest BCUT2D eigenvalue weighted by molar-refractivity contribution is 0.0684. The molecule has 2 rings (SSSR count). The summed E-state index contributed by atoms with van der Waals surface area (Å²) in [5, 5.41) is 0. The Morgan fingerprint density at radius 2 is 2.00 bits per heavy atom. The van der Waals surface area contributed by atoms with Gasteiger partial charge in [0.25, 0.3) is 5.91 Å². The zero-order valence-electron chi connectivity index (χ0n) is 10.3. The van der Waals surface area contributed by atoms with Crippen molar-refractivity contribution in [2.45, 2.75) is 38.6 Å². The van der Waals surface area contributed by atoms with E-state index < -0.39 is 0 Å². The van der Waals surface area contributed by atoms with E-state index in [1.54, 1.807) is 6.07 Å². The summed E-state index contributed by atoms with van der Waals surface area (Å²) in [7, 11) is 1.91. The van der Waals surface area contributed by atoms with Crippen LogP contribution in [0.2, 0.25) is 4.34 Å². The minimum atomic E-state index is 0.112. The van der Waals surface area contributed by atoms with Crippen LogP contribution < -0.4 is 0 Å². The molecule has 94 valence electrons. The normalized spacial score (nSPS) is 24.6. The molecule has 0 saturated heterocycles. The van der Waals surface area contributed by atoms with E-state index >= 15 is 0 Å². The van der Waals surface area contributed by atoms with E-state index in [4.69, 9.17) is 11.6 Å². The summed E-state index contributed by atoms with van der Waals surface area (Å²) in [6, 6.07) is 4.01. The molecule has 1 amide bonds. The second-order valence-corrected chi connectivity index (χ2v) is 6.65. The van der Waals surface area contributed by atoms with Crippen molar-refractivity contribution in [3.05, 3.63) is 21.3 Å². The third-order valence-electron chi connectivity index (χ3n) is 3.64. The van der Waals surface area contributed by atoms with Gasteiger partial charge in [0.15, 0.2) is 0 Å². The van der Waals surface area contributed by atoms with Crippen molar-refractivity contribution < 1.29 is 4.79 Å². The Morgan fingerprint density at radius 1 is 1.35 bits per heavy atom. The Labute approximate surface area is 112 Å². The van der Waals surface area contributed by atoms with Crippen LogP contribution in [0.1, 0.15) is 42.3 Å². The topological polar surface area (TPSA) is 20.3 Å². The highest BCUT2D eigenvalue weighted by Crippen LogP contribution is 2.29. The summed E-state index contributed by atoms with van der Waals surface area (Å²) in [5.41, 5.74) is 0. The van der Waals surface area contributed by atoms with E-state index in [1.165, 1.54) is 24.2 Å². The van der Waals surface area contributed by atoms with Crippen LogP contribution in [-0.2, 0) is 0 Å². The van der Waals surface area contributed by atoms with Gasteiger partial charge in [0.2, 0.25) is 0 Å². The van der Waals surface area contributed by atoms with E-state index in [9.17, 15) is 4.79 Å². The van der Waals surface area contributed by atoms with Gasteiger partial charge in [-0.3, -0.25) is 4.79 Å². The highest BCUT2D eigenvalue weighted by atomic mass is 35.5. The molecule has 1 fully saturated rings. The average Bonchev–Trinajstić information content (AvgIpc) is 2.75. The fourth-order valence-electron chi connectivity index (χ4n) is 2.40. The zero-order valence-corrected chi connectivity index (χ0v) is 11.9. The van der Waals surface area contributed by atoms with E-state index in [2.05, 4.69) is 6.92 Å². The van der Waals surface area contributed by atoms with Crippen LogP contribution in [0.3, 0.4) is 0 Å². The van der Waals surface area contributed by atoms with Crippen LogP contribution in [0.15, 0.2) is 12.1 Å². The first-order chi connectivity index (χ1) is 8.08. The van der Waals surface area contributed by atoms with Crippen molar-refractivity contribution >= 4 is 28.8 Å². The van der Waals surface area contributed by atoms with Gasteiger partial charge in [0.1, 0.15) is 0 Å². The molecule has 0 aromatic carbocycles. The molecule has 1 aliphatic rings. The first kappa shape index (κ1) is 12.9. The maximum atomic E-state index is 12.2. The van der Waals surface area contributed by atoms with Crippen molar-refractivity contribution in [3.63, 3.8) is 0 Å². The fraction of sp³-hybridized carbons (Fsp3) is 0.615. The van der Waals surface area contributed by atoms with Gasteiger partial charge in [-0.2, -0.15) is 0 Å². The molecular weight excluding hydrogens is 254 g/mol. The number of hydrogen-bond acceptors (Lipinski definition) is 2. The van der Waals surface area contributed by atoms with E-state index in [0.29, 0.717) is 10.4 Å². The molecule has 1 aliphatic carbocycles. The predicted octanol–water partition coefficient (Wildman–Crippen LogP) is 4.05. The maximum absolute atomic E-state index is 12.2. The highest BCUT2D eigenvalue weighted by molar-refractivity contribution is 7.17. The van der Waals surface area contributed by atoms with Crippen molar-refractivity contribution in [3.8, 4) is 0 Å². The summed E-state index contributed by atoms with van der Waals surface area (Å²) < 4.78 is 0.680. The Kier molecular flexibility index (Phi) is 4.10. The smallest absolute Gasteiger partial charge is 0.263 e. The largest absolute Gasteiger partial charge is 0.338 e. The van der Waals surface area contributed by atoms with Crippen LogP contribution in [-0.4, -0.2) is 23.9 Å². The SMILES string of the molecule is CC1CCC(N(C)C(=O)c2ccc(Cl)s2)CC1. The number of carbonyl (C=O) groups excluding carboxylic acids is 1. The summed E-state index contributed by atoms with van der Waals surface area (Å²) in [6.45, 7) is 2.29. The van der Waals surface area contributed by atoms with Crippen LogP contribution in [0.25, 0.3) is 0 Å². The van der Waals surface area contributed by atoms with Gasteiger partial charge in [-0.05, 0) is 43.7 Å². The Morgan fingerprint density at radius 3 is 2.53 bits per heavy atom. The van der Waals surface area contributed by atoms with Crippen LogP contribution in [0.5, 0.6) is 0 Å². The molecule has 0 radical (unpaired) electrons. The molecule has 0 atom stereocenters. The van der Waals surface area contributed by atoms with Crippen LogP contribution >= 0.6 is 22.9 Å². The molecule has 4 heteroatoms. The average molecular weight is 272 g/mol. The number of nitrogens with zero attached hydrogens (tertiary/aromatic N) is 1. The van der Waals surface area contributed by atoms with Crippen molar-refractivity contribution in [2.75, 3.05) is 7.05 Å². The number of rotatable bonds is 2. The predicted molar refractivity (Wildman–Crippen MR) is 72.8 cm³/mol. The monoisotopic (exact) mass is 271 g/mol. The quantitative estimate of drug-likeness (QED) is 0.795. The Bertz CT molecular complexity index is 396. The molecule has 0 bridgehead atoms. The molecule has 1 saturated carbocycles. The van der Waals surface area contributed by atoms with Gasteiger partial charge in [0.05, 0.1) is 9.21 Å². The number of thiophene rings is 1. The lowest BCUT2D eigenvalue weighted by atomic mass is 9.87. The second-order valence-electron chi connectivity index (χ2n) is 4.93. The lowest BCUT2D eigenvalue weighted by Gasteiger charge is -2.33. The molecule has 0 spiro atoms. The molecule has 0 unspecified atom stereocenters. The maximum Gasteiger partial charge on any atom is 0.263 e. The van der Waals surface area contributed by atoms with E-state index in [-0.39, 0.29) is 5.91 Å². The van der Waals surface area contributed by atoms with Crippen molar-refractivity contribution in [1.29, 1.82) is 0 Å². The summed E-state index contributed by atoms with van der Waals surface area (Å²) in [6.07, 6.45) is 4.71. The molecule has 0 aliphatic heterocycles. The van der Waals surface area contributed by atoms with E-state index in [0.717, 1.165) is 23.6 Å². The summed E-state index contributed by atoms with van der Waals surface area (Å²) >= 11 is 7.22. The van der Waals surface area contributed by atoms with Gasteiger partial charge in [-0.1, -0.05) is 18.5 Å². The number of amides is 1. The molecule has 1 heterocycles. The second kappa shape index (κ2) is 5.40. The molecule has 1 aromatic heterocycles. The lowest BCUT2D eigenvalue weighted by Crippen LogP contribution is -2.38. The summed E-state index contributed by atoms with van der Waals surface area (Å²) in [4.78, 5) is 14.9. The van der Waals surface area contributed by atoms with E-state index in [1.807, 2.05) is 18.0 Å². The Hall–Kier alpha value is -0.540. The molecule has 1 aromatic rings. The van der Waals surface area contributed by atoms with Crippen molar-refractivity contribution in [2.24, 2.45) is 5.92 Å². The van der Waals surface area contributed by atoms with Gasteiger partial charge < -0.3 is 4.90 Å². The number of hydrogen-bond donors (Lipinski definition) is 0. The first-order valence-corrected chi connectivity index (χ1v) is 7.30. The minimum Gasteiger partial charge on any atom is -0.338 e. The summed E-state index contributed by atoms with van der Waals surface area (Å²) in [5.74, 6) is 0.924. The number of carbonyl (C=O) groups is 1. The Balaban J connectivity index is 2.00. The molecule has 2 nitrogen and oxygen atoms in total. The van der Waals surface area contributed by atoms with Gasteiger partial charge in [0, 0.05) is 13.1 Å². The highest BCUT2D eigenvalue weighted by Gasteiger charge is 2.25. The molecular formula is C13H18ClNOS. The van der Waals surface area contributed by atoms with Gasteiger partial charge >= 0.3 is 0 Å². The molecule has 0 N–H and O–H groups in total. The van der Waals surface area contributed by atoms with Gasteiger partial charge in [-0.25, -0.2) is 0 Å². The third kappa shape index (κ3) is 3.02. The third-order valence-corrected chi connectivity index (χ3v) is 4.86. The number of halogens is 1.